The SMILES string of the molecule is CC(OC(=O)CN1c2cccc3cccc(c23)S1(=O)=O)C(=O)N1CCN(Cc2ccccc2)CC1. The molecule has 0 radical (unpaired) electrons. The minimum atomic E-state index is -3.87. The van der Waals surface area contributed by atoms with Crippen LogP contribution in [0.3, 0.4) is 0 Å². The van der Waals surface area contributed by atoms with Gasteiger partial charge in [0.05, 0.1) is 10.6 Å². The molecule has 8 nitrogen and oxygen atoms in total. The minimum Gasteiger partial charge on any atom is -0.451 e. The van der Waals surface area contributed by atoms with Crippen LogP contribution < -0.4 is 4.31 Å². The van der Waals surface area contributed by atoms with Crippen LogP contribution >= 0.6 is 0 Å². The summed E-state index contributed by atoms with van der Waals surface area (Å²) in [5, 5.41) is 1.38. The van der Waals surface area contributed by atoms with Crippen molar-refractivity contribution in [3.63, 3.8) is 0 Å². The number of rotatable bonds is 6. The molecule has 3 aromatic carbocycles. The molecule has 35 heavy (non-hydrogen) atoms. The van der Waals surface area contributed by atoms with Gasteiger partial charge in [-0.15, -0.1) is 0 Å². The summed E-state index contributed by atoms with van der Waals surface area (Å²) in [6.45, 7) is 4.43. The molecule has 0 aromatic heterocycles. The Morgan fingerprint density at radius 2 is 1.60 bits per heavy atom. The van der Waals surface area contributed by atoms with Crippen molar-refractivity contribution < 1.29 is 22.7 Å². The van der Waals surface area contributed by atoms with E-state index in [2.05, 4.69) is 17.0 Å². The van der Waals surface area contributed by atoms with E-state index in [0.717, 1.165) is 29.3 Å². The Morgan fingerprint density at radius 3 is 2.31 bits per heavy atom. The molecule has 1 amide bonds. The van der Waals surface area contributed by atoms with Gasteiger partial charge in [0.15, 0.2) is 6.10 Å². The molecule has 182 valence electrons. The van der Waals surface area contributed by atoms with Crippen LogP contribution in [0.2, 0.25) is 0 Å². The van der Waals surface area contributed by atoms with E-state index in [1.807, 2.05) is 30.3 Å². The summed E-state index contributed by atoms with van der Waals surface area (Å²) in [4.78, 5) is 29.8. The van der Waals surface area contributed by atoms with Crippen LogP contribution in [0.1, 0.15) is 12.5 Å². The van der Waals surface area contributed by atoms with Gasteiger partial charge >= 0.3 is 5.97 Å². The lowest BCUT2D eigenvalue weighted by molar-refractivity contribution is -0.158. The number of anilines is 1. The Kier molecular flexibility index (Phi) is 6.21. The van der Waals surface area contributed by atoms with Crippen molar-refractivity contribution in [2.75, 3.05) is 37.0 Å². The second kappa shape index (κ2) is 9.31. The van der Waals surface area contributed by atoms with E-state index in [0.29, 0.717) is 24.2 Å². The van der Waals surface area contributed by atoms with Gasteiger partial charge in [-0.25, -0.2) is 8.42 Å². The first-order chi connectivity index (χ1) is 16.8. The average Bonchev–Trinajstić information content (AvgIpc) is 3.08. The van der Waals surface area contributed by atoms with Gasteiger partial charge in [-0.05, 0) is 30.0 Å². The molecular formula is C26H27N3O5S. The first-order valence-corrected chi connectivity index (χ1v) is 13.1. The van der Waals surface area contributed by atoms with E-state index < -0.39 is 28.6 Å². The molecule has 1 saturated heterocycles. The second-order valence-electron chi connectivity index (χ2n) is 8.86. The van der Waals surface area contributed by atoms with Crippen LogP contribution in [-0.2, 0) is 30.9 Å². The maximum absolute atomic E-state index is 13.1. The third kappa shape index (κ3) is 4.49. The van der Waals surface area contributed by atoms with Gasteiger partial charge < -0.3 is 9.64 Å². The lowest BCUT2D eigenvalue weighted by Crippen LogP contribution is -2.51. The number of esters is 1. The Balaban J connectivity index is 1.18. The first-order valence-electron chi connectivity index (χ1n) is 11.6. The van der Waals surface area contributed by atoms with Crippen LogP contribution in [0, 0.1) is 0 Å². The number of piperazine rings is 1. The van der Waals surface area contributed by atoms with Crippen molar-refractivity contribution in [3.8, 4) is 0 Å². The molecule has 0 spiro atoms. The van der Waals surface area contributed by atoms with Crippen molar-refractivity contribution in [1.82, 2.24) is 9.80 Å². The van der Waals surface area contributed by atoms with Crippen LogP contribution in [0.5, 0.6) is 0 Å². The monoisotopic (exact) mass is 493 g/mol. The first kappa shape index (κ1) is 23.3. The van der Waals surface area contributed by atoms with Gasteiger partial charge in [-0.3, -0.25) is 18.8 Å². The minimum absolute atomic E-state index is 0.177. The fraction of sp³-hybridized carbons (Fsp3) is 0.308. The number of carbonyl (C=O) groups excluding carboxylic acids is 2. The number of amides is 1. The van der Waals surface area contributed by atoms with Crippen molar-refractivity contribution in [1.29, 1.82) is 0 Å². The largest absolute Gasteiger partial charge is 0.451 e. The molecule has 5 rings (SSSR count). The summed E-state index contributed by atoms with van der Waals surface area (Å²) >= 11 is 0. The number of benzene rings is 3. The van der Waals surface area contributed by atoms with E-state index in [4.69, 9.17) is 4.74 Å². The Morgan fingerprint density at radius 1 is 0.914 bits per heavy atom. The third-order valence-corrected chi connectivity index (χ3v) is 8.34. The number of sulfonamides is 1. The highest BCUT2D eigenvalue weighted by Gasteiger charge is 2.37. The summed E-state index contributed by atoms with van der Waals surface area (Å²) in [5.41, 5.74) is 1.67. The highest BCUT2D eigenvalue weighted by Crippen LogP contribution is 2.41. The van der Waals surface area contributed by atoms with Gasteiger partial charge in [0.25, 0.3) is 15.9 Å². The Hall–Kier alpha value is -3.43. The fourth-order valence-electron chi connectivity index (χ4n) is 4.76. The van der Waals surface area contributed by atoms with Crippen LogP contribution in [0.15, 0.2) is 71.6 Å². The molecule has 3 aromatic rings. The van der Waals surface area contributed by atoms with E-state index in [1.165, 1.54) is 18.6 Å². The average molecular weight is 494 g/mol. The molecule has 0 N–H and O–H groups in total. The van der Waals surface area contributed by atoms with Crippen molar-refractivity contribution in [2.45, 2.75) is 24.5 Å². The summed E-state index contributed by atoms with van der Waals surface area (Å²) in [6, 6.07) is 20.5. The zero-order valence-corrected chi connectivity index (χ0v) is 20.3. The quantitative estimate of drug-likeness (QED) is 0.491. The maximum atomic E-state index is 13.1. The predicted molar refractivity (Wildman–Crippen MR) is 132 cm³/mol. The number of carbonyl (C=O) groups is 2. The molecule has 2 aliphatic heterocycles. The van der Waals surface area contributed by atoms with Crippen LogP contribution in [-0.4, -0.2) is 68.9 Å². The molecule has 2 aliphatic rings. The highest BCUT2D eigenvalue weighted by atomic mass is 32.2. The van der Waals surface area contributed by atoms with E-state index in [-0.39, 0.29) is 10.8 Å². The molecule has 0 bridgehead atoms. The number of hydrogen-bond donors (Lipinski definition) is 0. The predicted octanol–water partition coefficient (Wildman–Crippen LogP) is 2.62. The smallest absolute Gasteiger partial charge is 0.327 e. The summed E-state index contributed by atoms with van der Waals surface area (Å²) in [5.74, 6) is -1.03. The third-order valence-electron chi connectivity index (χ3n) is 6.54. The van der Waals surface area contributed by atoms with E-state index in [9.17, 15) is 18.0 Å². The zero-order chi connectivity index (χ0) is 24.6. The van der Waals surface area contributed by atoms with Gasteiger partial charge in [-0.2, -0.15) is 0 Å². The lowest BCUT2D eigenvalue weighted by Gasteiger charge is -2.35. The van der Waals surface area contributed by atoms with Crippen molar-refractivity contribution >= 4 is 38.4 Å². The molecule has 1 unspecified atom stereocenters. The molecule has 9 heteroatoms. The van der Waals surface area contributed by atoms with Gasteiger partial charge in [-0.1, -0.05) is 54.6 Å². The number of ether oxygens (including phenoxy) is 1. The van der Waals surface area contributed by atoms with Crippen LogP contribution in [0.25, 0.3) is 10.8 Å². The number of hydrogen-bond acceptors (Lipinski definition) is 6. The molecular weight excluding hydrogens is 466 g/mol. The zero-order valence-electron chi connectivity index (χ0n) is 19.5. The van der Waals surface area contributed by atoms with E-state index >= 15 is 0 Å². The number of nitrogens with zero attached hydrogens (tertiary/aromatic N) is 3. The summed E-state index contributed by atoms with van der Waals surface area (Å²) < 4.78 is 32.6. The normalized spacial score (nSPS) is 18.0. The molecule has 0 aliphatic carbocycles. The molecule has 1 atom stereocenters. The van der Waals surface area contributed by atoms with Crippen molar-refractivity contribution in [3.05, 3.63) is 72.3 Å². The van der Waals surface area contributed by atoms with Gasteiger partial charge in [0, 0.05) is 38.1 Å². The molecule has 1 fully saturated rings. The van der Waals surface area contributed by atoms with Crippen molar-refractivity contribution in [2.24, 2.45) is 0 Å². The lowest BCUT2D eigenvalue weighted by atomic mass is 10.1. The standard InChI is InChI=1S/C26H27N3O5S/c1-19(26(31)28-15-13-27(14-16-28)17-20-7-3-2-4-8-20)34-24(30)18-29-22-11-5-9-21-10-6-12-23(25(21)22)35(29,32)33/h2-12,19H,13-18H2,1H3. The van der Waals surface area contributed by atoms with Crippen LogP contribution in [0.4, 0.5) is 5.69 Å². The molecule has 2 heterocycles. The summed E-state index contributed by atoms with van der Waals surface area (Å²) in [7, 11) is -3.87. The van der Waals surface area contributed by atoms with Gasteiger partial charge in [0.1, 0.15) is 6.54 Å². The Labute approximate surface area is 204 Å². The van der Waals surface area contributed by atoms with E-state index in [1.54, 1.807) is 23.1 Å². The highest BCUT2D eigenvalue weighted by molar-refractivity contribution is 7.93. The fourth-order valence-corrected chi connectivity index (χ4v) is 6.41. The van der Waals surface area contributed by atoms with Gasteiger partial charge in [0.2, 0.25) is 0 Å². The second-order valence-corrected chi connectivity index (χ2v) is 10.7. The summed E-state index contributed by atoms with van der Waals surface area (Å²) in [6.07, 6.45) is -0.994. The molecule has 0 saturated carbocycles. The topological polar surface area (TPSA) is 87.2 Å². The maximum Gasteiger partial charge on any atom is 0.327 e. The Bertz CT molecular complexity index is 1360.